The van der Waals surface area contributed by atoms with Crippen LogP contribution in [0.1, 0.15) is 47.4 Å². The van der Waals surface area contributed by atoms with Gasteiger partial charge in [0.1, 0.15) is 18.0 Å². The number of methoxy groups -OCH3 is 4. The van der Waals surface area contributed by atoms with Gasteiger partial charge in [-0.3, -0.25) is 14.5 Å². The molecule has 15 heteroatoms. The Labute approximate surface area is 294 Å². The van der Waals surface area contributed by atoms with Gasteiger partial charge >= 0.3 is 24.1 Å². The van der Waals surface area contributed by atoms with Gasteiger partial charge in [0.15, 0.2) is 11.5 Å². The van der Waals surface area contributed by atoms with Gasteiger partial charge in [-0.2, -0.15) is 0 Å². The molecule has 1 saturated carbocycles. The van der Waals surface area contributed by atoms with Crippen molar-refractivity contribution in [3.63, 3.8) is 0 Å². The van der Waals surface area contributed by atoms with Crippen LogP contribution in [0, 0.1) is 17.8 Å². The number of H-pyrrole nitrogens is 1. The van der Waals surface area contributed by atoms with E-state index in [2.05, 4.69) is 9.88 Å². The molecule has 3 aromatic rings. The number of aromatic nitrogens is 1. The highest BCUT2D eigenvalue weighted by Gasteiger charge is 2.54. The minimum Gasteiger partial charge on any atom is -0.493 e. The monoisotopic (exact) mass is 709 g/mol. The number of ether oxygens (including phenoxy) is 8. The molecule has 1 aromatic heterocycles. The highest BCUT2D eigenvalue weighted by atomic mass is 16.7. The van der Waals surface area contributed by atoms with Crippen molar-refractivity contribution in [1.82, 2.24) is 9.88 Å². The molecule has 6 rings (SSSR count). The summed E-state index contributed by atoms with van der Waals surface area (Å²) < 4.78 is 43.7. The molecule has 0 spiro atoms. The molecular formula is C36H43N3O12. The second kappa shape index (κ2) is 15.2. The minimum absolute atomic E-state index is 0.00326. The maximum absolute atomic E-state index is 13.7. The molecule has 3 heterocycles. The van der Waals surface area contributed by atoms with Crippen LogP contribution in [-0.2, 0) is 35.0 Å². The molecule has 3 aliphatic rings. The summed E-state index contributed by atoms with van der Waals surface area (Å²) in [5, 5.41) is 1.06. The van der Waals surface area contributed by atoms with E-state index in [0.29, 0.717) is 25.1 Å². The first-order chi connectivity index (χ1) is 24.6. The van der Waals surface area contributed by atoms with Crippen molar-refractivity contribution in [1.29, 1.82) is 0 Å². The van der Waals surface area contributed by atoms with Crippen LogP contribution < -0.4 is 24.7 Å². The molecule has 1 aliphatic carbocycles. The molecule has 51 heavy (non-hydrogen) atoms. The lowest BCUT2D eigenvalue weighted by molar-refractivity contribution is -0.176. The van der Waals surface area contributed by atoms with Crippen molar-refractivity contribution in [3.05, 3.63) is 47.2 Å². The summed E-state index contributed by atoms with van der Waals surface area (Å²) in [4.78, 5) is 57.1. The second-order valence-electron chi connectivity index (χ2n) is 12.7. The van der Waals surface area contributed by atoms with E-state index < -0.39 is 42.2 Å². The standard InChI is InChI=1S/C36H43N3O12/c1-6-48-36(43)51-32-26(44-2)11-18(12-27(32)45-3)34(41)50-28-13-19-17-39-10-9-22-21-8-7-20(49-29(40)16-37)14-24(21)38-31(22)25(39)15-23(19)30(33(28)46-4)35(42)47-5/h7-8,11-12,14,19,23,25,28,30,33,38H,6,9-10,13,15-17,37H2,1-5H3. The van der Waals surface area contributed by atoms with Crippen molar-refractivity contribution in [2.24, 2.45) is 23.5 Å². The Balaban J connectivity index is 1.26. The Bertz CT molecular complexity index is 1780. The summed E-state index contributed by atoms with van der Waals surface area (Å²) in [6.45, 7) is 3.00. The number of piperidine rings is 1. The van der Waals surface area contributed by atoms with Gasteiger partial charge in [-0.05, 0) is 67.9 Å². The van der Waals surface area contributed by atoms with Crippen LogP contribution in [0.4, 0.5) is 4.79 Å². The zero-order chi connectivity index (χ0) is 36.4. The van der Waals surface area contributed by atoms with Gasteiger partial charge in [0, 0.05) is 42.9 Å². The van der Waals surface area contributed by atoms with E-state index in [1.54, 1.807) is 19.1 Å². The average Bonchev–Trinajstić information content (AvgIpc) is 3.51. The van der Waals surface area contributed by atoms with Gasteiger partial charge in [-0.15, -0.1) is 0 Å². The van der Waals surface area contributed by atoms with E-state index in [4.69, 9.17) is 43.6 Å². The summed E-state index contributed by atoms with van der Waals surface area (Å²) in [6, 6.07) is 8.29. The van der Waals surface area contributed by atoms with Gasteiger partial charge in [0.25, 0.3) is 0 Å². The molecule has 0 bridgehead atoms. The molecule has 6 unspecified atom stereocenters. The third-order valence-electron chi connectivity index (χ3n) is 10.2. The number of carbonyl (C=O) groups is 4. The number of carbonyl (C=O) groups excluding carboxylic acids is 4. The Morgan fingerprint density at radius 2 is 1.73 bits per heavy atom. The van der Waals surface area contributed by atoms with Crippen LogP contribution in [0.3, 0.4) is 0 Å². The molecule has 6 atom stereocenters. The number of hydrogen-bond donors (Lipinski definition) is 2. The fraction of sp³-hybridized carbons (Fsp3) is 0.500. The van der Waals surface area contributed by atoms with E-state index in [1.807, 2.05) is 6.07 Å². The Hall–Kier alpha value is -4.86. The predicted octanol–water partition coefficient (Wildman–Crippen LogP) is 3.55. The third-order valence-corrected chi connectivity index (χ3v) is 10.2. The number of nitrogens with two attached hydrogens (primary N) is 1. The van der Waals surface area contributed by atoms with Crippen molar-refractivity contribution in [2.75, 3.05) is 54.7 Å². The first kappa shape index (κ1) is 35.9. The quantitative estimate of drug-likeness (QED) is 0.135. The molecule has 2 aromatic carbocycles. The lowest BCUT2D eigenvalue weighted by atomic mass is 9.63. The fourth-order valence-corrected chi connectivity index (χ4v) is 8.00. The number of aromatic amines is 1. The van der Waals surface area contributed by atoms with Crippen LogP contribution in [0.25, 0.3) is 10.9 Å². The SMILES string of the molecule is CCOC(=O)Oc1c(OC)cc(C(=O)OC2CC3CN4CCc5c([nH]c6cc(OC(=O)CN)ccc56)C4CC3C(C(=O)OC)C2OC)cc1OC. The molecule has 15 nitrogen and oxygen atoms in total. The van der Waals surface area contributed by atoms with Crippen molar-refractivity contribution >= 4 is 35.0 Å². The Morgan fingerprint density at radius 3 is 2.37 bits per heavy atom. The minimum atomic E-state index is -0.957. The second-order valence-corrected chi connectivity index (χ2v) is 12.7. The predicted molar refractivity (Wildman–Crippen MR) is 180 cm³/mol. The van der Waals surface area contributed by atoms with E-state index in [1.165, 1.54) is 46.1 Å². The lowest BCUT2D eigenvalue weighted by Gasteiger charge is -2.52. The van der Waals surface area contributed by atoms with E-state index >= 15 is 0 Å². The molecule has 274 valence electrons. The van der Waals surface area contributed by atoms with Crippen LogP contribution >= 0.6 is 0 Å². The van der Waals surface area contributed by atoms with Crippen molar-refractivity contribution in [3.8, 4) is 23.0 Å². The fourth-order valence-electron chi connectivity index (χ4n) is 8.00. The van der Waals surface area contributed by atoms with E-state index in [-0.39, 0.29) is 53.8 Å². The van der Waals surface area contributed by atoms with Crippen LogP contribution in [0.5, 0.6) is 23.0 Å². The number of esters is 3. The number of hydrogen-bond acceptors (Lipinski definition) is 14. The molecule has 3 N–H and O–H groups in total. The number of benzene rings is 2. The summed E-state index contributed by atoms with van der Waals surface area (Å²) in [7, 11) is 5.56. The lowest BCUT2D eigenvalue weighted by Crippen LogP contribution is -2.58. The van der Waals surface area contributed by atoms with Gasteiger partial charge in [0.2, 0.25) is 5.75 Å². The first-order valence-corrected chi connectivity index (χ1v) is 16.9. The van der Waals surface area contributed by atoms with Crippen LogP contribution in [0.15, 0.2) is 30.3 Å². The summed E-state index contributed by atoms with van der Waals surface area (Å²) >= 11 is 0. The van der Waals surface area contributed by atoms with Gasteiger partial charge in [0.05, 0.1) is 52.0 Å². The first-order valence-electron chi connectivity index (χ1n) is 16.9. The maximum atomic E-state index is 13.7. The summed E-state index contributed by atoms with van der Waals surface area (Å²) in [5.74, 6) is -2.02. The normalized spacial score (nSPS) is 24.0. The van der Waals surface area contributed by atoms with Crippen molar-refractivity contribution < 1.29 is 57.1 Å². The zero-order valence-corrected chi connectivity index (χ0v) is 29.2. The molecule has 2 aliphatic heterocycles. The number of nitrogens with zero attached hydrogens (tertiary/aromatic N) is 1. The highest BCUT2D eigenvalue weighted by molar-refractivity contribution is 5.92. The summed E-state index contributed by atoms with van der Waals surface area (Å²) in [5.41, 5.74) is 8.64. The van der Waals surface area contributed by atoms with Crippen molar-refractivity contribution in [2.45, 2.75) is 44.4 Å². The zero-order valence-electron chi connectivity index (χ0n) is 29.2. The number of nitrogens with one attached hydrogen (secondary N) is 1. The molecule has 0 amide bonds. The largest absolute Gasteiger partial charge is 0.514 e. The smallest absolute Gasteiger partial charge is 0.493 e. The molecular weight excluding hydrogens is 666 g/mol. The summed E-state index contributed by atoms with van der Waals surface area (Å²) in [6.07, 6.45) is -0.600. The molecule has 1 saturated heterocycles. The van der Waals surface area contributed by atoms with Gasteiger partial charge < -0.3 is 48.6 Å². The topological polar surface area (TPSA) is 187 Å². The van der Waals surface area contributed by atoms with Gasteiger partial charge in [-0.1, -0.05) is 0 Å². The Kier molecular flexibility index (Phi) is 10.7. The number of rotatable bonds is 10. The van der Waals surface area contributed by atoms with E-state index in [0.717, 1.165) is 29.6 Å². The van der Waals surface area contributed by atoms with Gasteiger partial charge in [-0.25, -0.2) is 9.59 Å². The molecule has 0 radical (unpaired) electrons. The van der Waals surface area contributed by atoms with Crippen LogP contribution in [-0.4, -0.2) is 101 Å². The highest BCUT2D eigenvalue weighted by Crippen LogP contribution is 2.51. The molecule has 2 fully saturated rings. The maximum Gasteiger partial charge on any atom is 0.514 e. The third kappa shape index (κ3) is 6.93. The van der Waals surface area contributed by atoms with E-state index in [9.17, 15) is 19.2 Å². The Morgan fingerprint density at radius 1 is 0.980 bits per heavy atom. The number of fused-ring (bicyclic) bond motifs is 6. The van der Waals surface area contributed by atoms with Crippen LogP contribution in [0.2, 0.25) is 0 Å². The average molecular weight is 710 g/mol.